The first-order chi connectivity index (χ1) is 21.6. The van der Waals surface area contributed by atoms with E-state index in [9.17, 15) is 18.4 Å². The standard InChI is InChI=1S/C31H33F2N7O5/c1-5-20-16-21(6-7-22(20)31(42)36-12-15-44-18-26(45-19-41)40(2,3)14-10-34)38-29-30-37-17-24(39(30)13-11-35-29)23-8-9-25(43-4)28(33)27(23)32/h6-9,11,13,16-17,19,26H,5,12,14-15,18H2,1-4H3,(H-,35,36,38,42)/p+1. The number of nitriles is 1. The van der Waals surface area contributed by atoms with E-state index in [-0.39, 0.29) is 48.0 Å². The summed E-state index contributed by atoms with van der Waals surface area (Å²) in [5.74, 6) is -2.24. The molecule has 14 heteroatoms. The van der Waals surface area contributed by atoms with Crippen LogP contribution in [0.3, 0.4) is 0 Å². The summed E-state index contributed by atoms with van der Waals surface area (Å²) in [7, 11) is 4.77. The molecular formula is C31H34F2N7O5+. The van der Waals surface area contributed by atoms with Crippen molar-refractivity contribution in [3.63, 3.8) is 0 Å². The maximum Gasteiger partial charge on any atom is 0.297 e. The van der Waals surface area contributed by atoms with Gasteiger partial charge in [-0.2, -0.15) is 9.65 Å². The monoisotopic (exact) mass is 622 g/mol. The Morgan fingerprint density at radius 3 is 2.71 bits per heavy atom. The molecule has 0 bridgehead atoms. The Balaban J connectivity index is 1.42. The first-order valence-electron chi connectivity index (χ1n) is 14.0. The quantitative estimate of drug-likeness (QED) is 0.0666. The summed E-state index contributed by atoms with van der Waals surface area (Å²) in [5, 5.41) is 15.0. The molecule has 0 saturated heterocycles. The van der Waals surface area contributed by atoms with Gasteiger partial charge in [0.25, 0.3) is 18.6 Å². The molecule has 45 heavy (non-hydrogen) atoms. The molecule has 0 aliphatic heterocycles. The van der Waals surface area contributed by atoms with Gasteiger partial charge in [-0.15, -0.1) is 0 Å². The lowest BCUT2D eigenvalue weighted by Crippen LogP contribution is -2.52. The summed E-state index contributed by atoms with van der Waals surface area (Å²) in [6.45, 7) is 2.83. The number of aryl methyl sites for hydroxylation is 1. The zero-order chi connectivity index (χ0) is 32.6. The van der Waals surface area contributed by atoms with Gasteiger partial charge < -0.3 is 24.8 Å². The number of fused-ring (bicyclic) bond motifs is 1. The number of carbonyl (C=O) groups excluding carboxylic acids is 2. The second-order valence-electron chi connectivity index (χ2n) is 10.5. The number of hydrogen-bond donors (Lipinski definition) is 2. The van der Waals surface area contributed by atoms with Crippen LogP contribution in [0.4, 0.5) is 20.3 Å². The van der Waals surface area contributed by atoms with E-state index in [0.29, 0.717) is 41.3 Å². The molecule has 2 N–H and O–H groups in total. The molecule has 0 fully saturated rings. The van der Waals surface area contributed by atoms with E-state index in [4.69, 9.17) is 19.5 Å². The van der Waals surface area contributed by atoms with Crippen molar-refractivity contribution in [3.8, 4) is 23.1 Å². The maximum atomic E-state index is 14.8. The number of hydrogen-bond acceptors (Lipinski definition) is 9. The highest BCUT2D eigenvalue weighted by molar-refractivity contribution is 5.96. The average molecular weight is 623 g/mol. The summed E-state index contributed by atoms with van der Waals surface area (Å²) in [6.07, 6.45) is 4.45. The number of likely N-dealkylation sites (N-methyl/N-ethyl adjacent to an activating group) is 1. The molecule has 236 valence electrons. The van der Waals surface area contributed by atoms with Gasteiger partial charge in [0.05, 0.1) is 39.7 Å². The number of ether oxygens (including phenoxy) is 3. The van der Waals surface area contributed by atoms with Crippen LogP contribution < -0.4 is 15.4 Å². The second kappa shape index (κ2) is 14.6. The number of benzene rings is 2. The van der Waals surface area contributed by atoms with Crippen LogP contribution in [0.15, 0.2) is 48.9 Å². The van der Waals surface area contributed by atoms with E-state index >= 15 is 0 Å². The number of amides is 1. The number of halogens is 2. The van der Waals surface area contributed by atoms with Gasteiger partial charge in [-0.25, -0.2) is 14.4 Å². The van der Waals surface area contributed by atoms with E-state index in [1.165, 1.54) is 31.6 Å². The fourth-order valence-corrected chi connectivity index (χ4v) is 4.69. The molecule has 2 aromatic heterocycles. The van der Waals surface area contributed by atoms with E-state index in [2.05, 4.69) is 26.7 Å². The smallest absolute Gasteiger partial charge is 0.297 e. The van der Waals surface area contributed by atoms with Crippen LogP contribution in [0.1, 0.15) is 22.8 Å². The van der Waals surface area contributed by atoms with E-state index < -0.39 is 17.9 Å². The van der Waals surface area contributed by atoms with Crippen LogP contribution in [-0.4, -0.2) is 85.0 Å². The average Bonchev–Trinajstić information content (AvgIpc) is 3.46. The van der Waals surface area contributed by atoms with Gasteiger partial charge in [0.2, 0.25) is 5.82 Å². The van der Waals surface area contributed by atoms with Gasteiger partial charge in [-0.3, -0.25) is 18.5 Å². The van der Waals surface area contributed by atoms with Crippen molar-refractivity contribution in [2.75, 3.05) is 52.8 Å². The minimum absolute atomic E-state index is 0.0168. The normalized spacial score (nSPS) is 11.9. The molecule has 4 aromatic rings. The Morgan fingerprint density at radius 2 is 2.00 bits per heavy atom. The largest absolute Gasteiger partial charge is 0.494 e. The molecule has 1 unspecified atom stereocenters. The molecule has 2 aromatic carbocycles. The van der Waals surface area contributed by atoms with Crippen LogP contribution in [-0.2, 0) is 20.7 Å². The van der Waals surface area contributed by atoms with Gasteiger partial charge in [0, 0.05) is 35.8 Å². The Labute approximate surface area is 258 Å². The van der Waals surface area contributed by atoms with Gasteiger partial charge in [-0.05, 0) is 42.3 Å². The third-order valence-electron chi connectivity index (χ3n) is 7.23. The van der Waals surface area contributed by atoms with Crippen LogP contribution in [0, 0.1) is 23.0 Å². The SMILES string of the molecule is CCc1cc(Nc2nccn3c(-c4ccc(OC)c(F)c4F)cnc23)ccc1C(=O)NCCOCC(OC=O)[N+](C)(C)CC#N. The zero-order valence-corrected chi connectivity index (χ0v) is 25.3. The number of imidazole rings is 1. The summed E-state index contributed by atoms with van der Waals surface area (Å²) in [4.78, 5) is 32.6. The summed E-state index contributed by atoms with van der Waals surface area (Å²) >= 11 is 0. The Morgan fingerprint density at radius 1 is 1.20 bits per heavy atom. The molecule has 0 aliphatic carbocycles. The van der Waals surface area contributed by atoms with Crippen molar-refractivity contribution in [1.82, 2.24) is 19.7 Å². The number of nitrogens with one attached hydrogen (secondary N) is 2. The van der Waals surface area contributed by atoms with E-state index in [0.717, 1.165) is 5.56 Å². The molecule has 0 spiro atoms. The third kappa shape index (κ3) is 7.34. The second-order valence-corrected chi connectivity index (χ2v) is 10.5. The number of methoxy groups -OCH3 is 1. The Hall–Kier alpha value is -5.13. The number of carbonyl (C=O) groups is 2. The van der Waals surface area contributed by atoms with E-state index in [1.54, 1.807) is 36.8 Å². The first-order valence-corrected chi connectivity index (χ1v) is 14.0. The van der Waals surface area contributed by atoms with Crippen LogP contribution in [0.5, 0.6) is 5.75 Å². The topological polar surface area (TPSA) is 140 Å². The molecule has 1 amide bonds. The van der Waals surface area contributed by atoms with Crippen molar-refractivity contribution in [3.05, 3.63) is 71.7 Å². The fourth-order valence-electron chi connectivity index (χ4n) is 4.69. The highest BCUT2D eigenvalue weighted by atomic mass is 19.2. The lowest BCUT2D eigenvalue weighted by atomic mass is 10.0. The highest BCUT2D eigenvalue weighted by Gasteiger charge is 2.30. The highest BCUT2D eigenvalue weighted by Crippen LogP contribution is 2.31. The number of rotatable bonds is 15. The summed E-state index contributed by atoms with van der Waals surface area (Å²) < 4.78 is 46.5. The molecule has 0 radical (unpaired) electrons. The van der Waals surface area contributed by atoms with E-state index in [1.807, 2.05) is 13.0 Å². The van der Waals surface area contributed by atoms with Crippen molar-refractivity contribution >= 4 is 29.5 Å². The molecule has 4 rings (SSSR count). The third-order valence-corrected chi connectivity index (χ3v) is 7.23. The van der Waals surface area contributed by atoms with Gasteiger partial charge >= 0.3 is 0 Å². The number of aromatic nitrogens is 3. The first kappa shape index (κ1) is 32.8. The van der Waals surface area contributed by atoms with Crippen LogP contribution in [0.2, 0.25) is 0 Å². The lowest BCUT2D eigenvalue weighted by Gasteiger charge is -2.33. The number of quaternary nitrogens is 1. The minimum Gasteiger partial charge on any atom is -0.494 e. The zero-order valence-electron chi connectivity index (χ0n) is 25.3. The van der Waals surface area contributed by atoms with Crippen molar-refractivity contribution in [2.45, 2.75) is 19.6 Å². The van der Waals surface area contributed by atoms with Gasteiger partial charge in [0.15, 0.2) is 29.6 Å². The van der Waals surface area contributed by atoms with Crippen LogP contribution in [0.25, 0.3) is 16.9 Å². The fraction of sp³-hybridized carbons (Fsp3) is 0.323. The van der Waals surface area contributed by atoms with Crippen LogP contribution >= 0.6 is 0 Å². The van der Waals surface area contributed by atoms with Gasteiger partial charge in [0.1, 0.15) is 12.7 Å². The maximum absolute atomic E-state index is 14.8. The summed E-state index contributed by atoms with van der Waals surface area (Å²) in [6, 6.07) is 10.1. The molecule has 0 saturated carbocycles. The molecule has 1 atom stereocenters. The number of nitrogens with zero attached hydrogens (tertiary/aromatic N) is 5. The Bertz CT molecular complexity index is 1720. The minimum atomic E-state index is -1.09. The van der Waals surface area contributed by atoms with Crippen molar-refractivity contribution < 1.29 is 37.1 Å². The lowest BCUT2D eigenvalue weighted by molar-refractivity contribution is -0.928. The molecule has 0 aliphatic rings. The molecule has 12 nitrogen and oxygen atoms in total. The molecule has 2 heterocycles. The predicted molar refractivity (Wildman–Crippen MR) is 161 cm³/mol. The van der Waals surface area contributed by atoms with Crippen molar-refractivity contribution in [2.24, 2.45) is 0 Å². The predicted octanol–water partition coefficient (Wildman–Crippen LogP) is 3.83. The molecular weight excluding hydrogens is 588 g/mol. The van der Waals surface area contributed by atoms with Crippen molar-refractivity contribution in [1.29, 1.82) is 5.26 Å². The van der Waals surface area contributed by atoms with Gasteiger partial charge in [-0.1, -0.05) is 6.92 Å². The number of anilines is 2. The summed E-state index contributed by atoms with van der Waals surface area (Å²) in [5.41, 5.74) is 2.65. The Kier molecular flexibility index (Phi) is 10.6.